The van der Waals surface area contributed by atoms with Crippen LogP contribution in [0.5, 0.6) is 0 Å². The Balaban J connectivity index is 0.00000109. The lowest BCUT2D eigenvalue weighted by atomic mass is 9.91. The first-order chi connectivity index (χ1) is 12.2. The van der Waals surface area contributed by atoms with Gasteiger partial charge in [0.1, 0.15) is 11.6 Å². The van der Waals surface area contributed by atoms with Gasteiger partial charge in [0, 0.05) is 19.1 Å². The third-order valence-corrected chi connectivity index (χ3v) is 4.19. The second-order valence-electron chi connectivity index (χ2n) is 5.90. The average molecular weight is 350 g/mol. The minimum atomic E-state index is -0.546. The van der Waals surface area contributed by atoms with Gasteiger partial charge in [-0.3, -0.25) is 0 Å². The summed E-state index contributed by atoms with van der Waals surface area (Å²) < 4.78 is 38.2. The summed E-state index contributed by atoms with van der Waals surface area (Å²) in [5, 5.41) is 7.00. The summed E-state index contributed by atoms with van der Waals surface area (Å²) in [7, 11) is 1.00. The van der Waals surface area contributed by atoms with Crippen LogP contribution >= 0.6 is 0 Å². The molecule has 136 valence electrons. The SMILES string of the molecule is CO.Fc1ccc(C2CC[C@H](COCc3ccccc3)OC2)c(F)c1. The molecule has 0 saturated carbocycles. The molecule has 1 aliphatic rings. The van der Waals surface area contributed by atoms with E-state index in [1.54, 1.807) is 0 Å². The maximum Gasteiger partial charge on any atom is 0.129 e. The molecule has 1 unspecified atom stereocenters. The number of ether oxygens (including phenoxy) is 2. The highest BCUT2D eigenvalue weighted by molar-refractivity contribution is 5.23. The van der Waals surface area contributed by atoms with Crippen molar-refractivity contribution >= 4 is 0 Å². The minimum Gasteiger partial charge on any atom is -0.400 e. The molecule has 1 aliphatic heterocycles. The summed E-state index contributed by atoms with van der Waals surface area (Å²) in [4.78, 5) is 0. The van der Waals surface area contributed by atoms with Gasteiger partial charge in [0.2, 0.25) is 0 Å². The van der Waals surface area contributed by atoms with Crippen LogP contribution in [-0.4, -0.2) is 31.5 Å². The van der Waals surface area contributed by atoms with Crippen LogP contribution in [0.15, 0.2) is 48.5 Å². The molecule has 1 fully saturated rings. The fourth-order valence-electron chi connectivity index (χ4n) is 2.90. The smallest absolute Gasteiger partial charge is 0.129 e. The van der Waals surface area contributed by atoms with Gasteiger partial charge < -0.3 is 14.6 Å². The first-order valence-electron chi connectivity index (χ1n) is 8.35. The van der Waals surface area contributed by atoms with Gasteiger partial charge in [-0.25, -0.2) is 8.78 Å². The van der Waals surface area contributed by atoms with Crippen LogP contribution in [0.1, 0.15) is 29.9 Å². The normalized spacial score (nSPS) is 19.8. The van der Waals surface area contributed by atoms with Gasteiger partial charge in [-0.05, 0) is 30.0 Å². The Labute approximate surface area is 147 Å². The van der Waals surface area contributed by atoms with E-state index in [0.717, 1.165) is 31.6 Å². The quantitative estimate of drug-likeness (QED) is 0.884. The van der Waals surface area contributed by atoms with E-state index in [0.29, 0.717) is 25.4 Å². The lowest BCUT2D eigenvalue weighted by Crippen LogP contribution is -2.29. The summed E-state index contributed by atoms with van der Waals surface area (Å²) in [6, 6.07) is 13.7. The second-order valence-corrected chi connectivity index (χ2v) is 5.90. The monoisotopic (exact) mass is 350 g/mol. The molecule has 0 bridgehead atoms. The van der Waals surface area contributed by atoms with Crippen LogP contribution in [-0.2, 0) is 16.1 Å². The van der Waals surface area contributed by atoms with Crippen LogP contribution in [0.2, 0.25) is 0 Å². The van der Waals surface area contributed by atoms with Gasteiger partial charge in [-0.1, -0.05) is 36.4 Å². The van der Waals surface area contributed by atoms with Gasteiger partial charge in [0.05, 0.1) is 25.9 Å². The number of aliphatic hydroxyl groups is 1. The zero-order valence-electron chi connectivity index (χ0n) is 14.3. The van der Waals surface area contributed by atoms with Gasteiger partial charge in [-0.2, -0.15) is 0 Å². The van der Waals surface area contributed by atoms with Crippen LogP contribution < -0.4 is 0 Å². The van der Waals surface area contributed by atoms with Gasteiger partial charge in [0.15, 0.2) is 0 Å². The molecule has 1 saturated heterocycles. The van der Waals surface area contributed by atoms with Crippen LogP contribution in [0.25, 0.3) is 0 Å². The van der Waals surface area contributed by atoms with Gasteiger partial charge >= 0.3 is 0 Å². The molecule has 0 spiro atoms. The molecule has 0 amide bonds. The first kappa shape index (κ1) is 19.5. The number of hydrogen-bond acceptors (Lipinski definition) is 3. The van der Waals surface area contributed by atoms with Gasteiger partial charge in [0.25, 0.3) is 0 Å². The van der Waals surface area contributed by atoms with E-state index in [2.05, 4.69) is 0 Å². The maximum absolute atomic E-state index is 13.8. The third-order valence-electron chi connectivity index (χ3n) is 4.19. The molecule has 25 heavy (non-hydrogen) atoms. The van der Waals surface area contributed by atoms with Crippen molar-refractivity contribution in [3.8, 4) is 0 Å². The Morgan fingerprint density at radius 1 is 1.08 bits per heavy atom. The predicted molar refractivity (Wildman–Crippen MR) is 92.3 cm³/mol. The van der Waals surface area contributed by atoms with E-state index in [4.69, 9.17) is 14.6 Å². The summed E-state index contributed by atoms with van der Waals surface area (Å²) >= 11 is 0. The number of rotatable bonds is 5. The third kappa shape index (κ3) is 5.88. The summed E-state index contributed by atoms with van der Waals surface area (Å²) in [6.07, 6.45) is 1.68. The largest absolute Gasteiger partial charge is 0.400 e. The summed E-state index contributed by atoms with van der Waals surface area (Å²) in [5.74, 6) is -1.05. The molecule has 0 aliphatic carbocycles. The Bertz CT molecular complexity index is 626. The molecular weight excluding hydrogens is 326 g/mol. The Kier molecular flexibility index (Phi) is 7.98. The number of hydrogen-bond donors (Lipinski definition) is 1. The molecule has 3 nitrogen and oxygen atoms in total. The number of aliphatic hydroxyl groups excluding tert-OH is 1. The van der Waals surface area contributed by atoms with Crippen molar-refractivity contribution in [1.29, 1.82) is 0 Å². The summed E-state index contributed by atoms with van der Waals surface area (Å²) in [5.41, 5.74) is 1.67. The maximum atomic E-state index is 13.8. The van der Waals surface area contributed by atoms with Crippen molar-refractivity contribution in [2.24, 2.45) is 0 Å². The Hall–Kier alpha value is -1.82. The molecule has 0 radical (unpaired) electrons. The van der Waals surface area contributed by atoms with Gasteiger partial charge in [-0.15, -0.1) is 0 Å². The van der Waals surface area contributed by atoms with Crippen molar-refractivity contribution < 1.29 is 23.4 Å². The van der Waals surface area contributed by atoms with Crippen molar-refractivity contribution in [3.63, 3.8) is 0 Å². The zero-order chi connectivity index (χ0) is 18.1. The highest BCUT2D eigenvalue weighted by Gasteiger charge is 2.25. The Morgan fingerprint density at radius 3 is 2.48 bits per heavy atom. The average Bonchev–Trinajstić information content (AvgIpc) is 2.65. The van der Waals surface area contributed by atoms with E-state index in [-0.39, 0.29) is 12.0 Å². The van der Waals surface area contributed by atoms with Crippen molar-refractivity contribution in [2.75, 3.05) is 20.3 Å². The minimum absolute atomic E-state index is 0.0130. The number of halogens is 2. The van der Waals surface area contributed by atoms with Crippen molar-refractivity contribution in [3.05, 3.63) is 71.3 Å². The van der Waals surface area contributed by atoms with E-state index in [9.17, 15) is 8.78 Å². The molecular formula is C20H24F2O3. The fourth-order valence-corrected chi connectivity index (χ4v) is 2.90. The summed E-state index contributed by atoms with van der Waals surface area (Å²) in [6.45, 7) is 1.55. The lowest BCUT2D eigenvalue weighted by Gasteiger charge is -2.29. The predicted octanol–water partition coefficient (Wildman–Crippen LogP) is 4.05. The van der Waals surface area contributed by atoms with E-state index < -0.39 is 11.6 Å². The molecule has 2 aromatic rings. The molecule has 5 heteroatoms. The Morgan fingerprint density at radius 2 is 1.84 bits per heavy atom. The molecule has 1 heterocycles. The van der Waals surface area contributed by atoms with Crippen LogP contribution in [0, 0.1) is 11.6 Å². The number of benzene rings is 2. The topological polar surface area (TPSA) is 38.7 Å². The molecule has 2 aromatic carbocycles. The van der Waals surface area contributed by atoms with Crippen molar-refractivity contribution in [2.45, 2.75) is 31.5 Å². The van der Waals surface area contributed by atoms with Crippen LogP contribution in [0.3, 0.4) is 0 Å². The zero-order valence-corrected chi connectivity index (χ0v) is 14.3. The first-order valence-corrected chi connectivity index (χ1v) is 8.35. The van der Waals surface area contributed by atoms with Crippen LogP contribution in [0.4, 0.5) is 8.78 Å². The van der Waals surface area contributed by atoms with Crippen molar-refractivity contribution in [1.82, 2.24) is 0 Å². The standard InChI is InChI=1S/C19H20F2O2.CH4O/c20-16-7-9-18(19(21)10-16)15-6-8-17(23-12-15)13-22-11-14-4-2-1-3-5-14;1-2/h1-5,7,9-10,15,17H,6,8,11-13H2;2H,1H3/t15?,17-;/m1./s1. The lowest BCUT2D eigenvalue weighted by molar-refractivity contribution is -0.0524. The fraction of sp³-hybridized carbons (Fsp3) is 0.400. The second kappa shape index (κ2) is 10.2. The highest BCUT2D eigenvalue weighted by Crippen LogP contribution is 2.30. The van der Waals surface area contributed by atoms with E-state index in [1.807, 2.05) is 30.3 Å². The molecule has 1 N–H and O–H groups in total. The molecule has 0 aromatic heterocycles. The molecule has 2 atom stereocenters. The molecule has 3 rings (SSSR count). The van der Waals surface area contributed by atoms with E-state index >= 15 is 0 Å². The highest BCUT2D eigenvalue weighted by atomic mass is 19.1. The van der Waals surface area contributed by atoms with E-state index in [1.165, 1.54) is 12.1 Å².